The Balaban J connectivity index is 2.21. The van der Waals surface area contributed by atoms with Crippen LogP contribution in [0.3, 0.4) is 0 Å². The van der Waals surface area contributed by atoms with Crippen molar-refractivity contribution in [3.63, 3.8) is 0 Å². The van der Waals surface area contributed by atoms with Crippen molar-refractivity contribution in [2.75, 3.05) is 0 Å². The fourth-order valence-electron chi connectivity index (χ4n) is 12.2. The van der Waals surface area contributed by atoms with Gasteiger partial charge < -0.3 is 13.6 Å². The highest BCUT2D eigenvalue weighted by atomic mass is 31.2. The zero-order valence-corrected chi connectivity index (χ0v) is 58.8. The van der Waals surface area contributed by atoms with Crippen LogP contribution in [0.1, 0.15) is 312 Å². The average Bonchev–Trinajstić information content (AvgIpc) is 3.59. The van der Waals surface area contributed by atoms with Gasteiger partial charge in [-0.25, -0.2) is 0 Å². The first-order chi connectivity index (χ1) is 39.4. The Hall–Kier alpha value is -2.71. The second-order valence-electron chi connectivity index (χ2n) is 30.4. The zero-order chi connectivity index (χ0) is 61.3. The summed E-state index contributed by atoms with van der Waals surface area (Å²) in [6.07, 6.45) is 35.0. The quantitative estimate of drug-likeness (QED) is 0.0529. The molecule has 0 N–H and O–H groups in total. The summed E-state index contributed by atoms with van der Waals surface area (Å²) in [5, 5.41) is 0. The van der Waals surface area contributed by atoms with Gasteiger partial charge in [0.15, 0.2) is 0 Å². The SMILES string of the molecule is CC(C)CCCC(C)CCc1ccc(OP(=O)(Oc2ccc(CCC(C)CCCC(C)C)cc2CCC(C)CCCC(C)C)Oc2ccc(CCC(C)CCCC(C)C)cc2CCC(C)CCCC(C)C)c(CCC(C)CCCC(C)C)c1. The van der Waals surface area contributed by atoms with Gasteiger partial charge >= 0.3 is 7.82 Å². The molecule has 3 rings (SSSR count). The fourth-order valence-corrected chi connectivity index (χ4v) is 13.6. The summed E-state index contributed by atoms with van der Waals surface area (Å²) >= 11 is 0. The topological polar surface area (TPSA) is 44.8 Å². The van der Waals surface area contributed by atoms with E-state index in [1.165, 1.54) is 132 Å². The van der Waals surface area contributed by atoms with Crippen molar-refractivity contribution in [2.45, 2.75) is 317 Å². The zero-order valence-electron chi connectivity index (χ0n) is 57.9. The Morgan fingerprint density at radius 2 is 0.458 bits per heavy atom. The predicted octanol–water partition coefficient (Wildman–Crippen LogP) is 25.7. The van der Waals surface area contributed by atoms with E-state index in [1.54, 1.807) is 0 Å². The van der Waals surface area contributed by atoms with Crippen LogP contribution in [0.4, 0.5) is 0 Å². The molecule has 0 aromatic heterocycles. The molecule has 476 valence electrons. The third-order valence-electron chi connectivity index (χ3n) is 18.4. The molecule has 5 heteroatoms. The minimum atomic E-state index is -4.40. The lowest BCUT2D eigenvalue weighted by Crippen LogP contribution is -2.12. The number of phosphoric acid groups is 1. The van der Waals surface area contributed by atoms with Gasteiger partial charge in [0.25, 0.3) is 0 Å². The second kappa shape index (κ2) is 41.4. The molecule has 0 aliphatic carbocycles. The van der Waals surface area contributed by atoms with E-state index in [1.807, 2.05) is 0 Å². The summed E-state index contributed by atoms with van der Waals surface area (Å²) in [5.41, 5.74) is 7.32. The summed E-state index contributed by atoms with van der Waals surface area (Å²) < 4.78 is 37.8. The number of rotatable bonds is 48. The molecule has 4 nitrogen and oxygen atoms in total. The van der Waals surface area contributed by atoms with Crippen molar-refractivity contribution in [1.29, 1.82) is 0 Å². The molecular formula is C78H135O4P. The monoisotopic (exact) mass is 1170 g/mol. The summed E-state index contributed by atoms with van der Waals surface area (Å²) in [6.45, 7) is 42.5. The van der Waals surface area contributed by atoms with E-state index in [-0.39, 0.29) is 0 Å². The Labute approximate surface area is 516 Å². The summed E-state index contributed by atoms with van der Waals surface area (Å²) in [5.74, 6) is 9.98. The first kappa shape index (κ1) is 74.5. The molecule has 0 spiro atoms. The molecule has 0 aliphatic rings. The van der Waals surface area contributed by atoms with Gasteiger partial charge in [0.2, 0.25) is 0 Å². The molecule has 0 saturated heterocycles. The van der Waals surface area contributed by atoms with E-state index >= 15 is 4.57 Å². The Morgan fingerprint density at radius 3 is 0.651 bits per heavy atom. The van der Waals surface area contributed by atoms with Gasteiger partial charge in [-0.3, -0.25) is 0 Å². The highest BCUT2D eigenvalue weighted by Gasteiger charge is 2.36. The van der Waals surface area contributed by atoms with Crippen molar-refractivity contribution in [1.82, 2.24) is 0 Å². The first-order valence-corrected chi connectivity index (χ1v) is 36.9. The highest BCUT2D eigenvalue weighted by molar-refractivity contribution is 7.49. The van der Waals surface area contributed by atoms with E-state index < -0.39 is 7.82 Å². The van der Waals surface area contributed by atoms with Gasteiger partial charge in [0, 0.05) is 0 Å². The normalized spacial score (nSPS) is 15.1. The molecule has 3 aromatic carbocycles. The minimum Gasteiger partial charge on any atom is -0.386 e. The number of aryl methyl sites for hydroxylation is 6. The van der Waals surface area contributed by atoms with Gasteiger partial charge in [-0.15, -0.1) is 0 Å². The van der Waals surface area contributed by atoms with E-state index in [4.69, 9.17) is 13.6 Å². The molecule has 0 fully saturated rings. The lowest BCUT2D eigenvalue weighted by atomic mass is 9.92. The van der Waals surface area contributed by atoms with Crippen LogP contribution < -0.4 is 13.6 Å². The third kappa shape index (κ3) is 34.4. The van der Waals surface area contributed by atoms with E-state index in [2.05, 4.69) is 179 Å². The van der Waals surface area contributed by atoms with E-state index in [9.17, 15) is 0 Å². The summed E-state index contributed by atoms with van der Waals surface area (Å²) in [4.78, 5) is 0. The molecule has 83 heavy (non-hydrogen) atoms. The van der Waals surface area contributed by atoms with Gasteiger partial charge in [0.05, 0.1) is 0 Å². The Bertz CT molecular complexity index is 1940. The van der Waals surface area contributed by atoms with Gasteiger partial charge in [-0.2, -0.15) is 4.57 Å². The second-order valence-corrected chi connectivity index (χ2v) is 31.8. The molecular weight excluding hydrogens is 1030 g/mol. The molecule has 6 unspecified atom stereocenters. The van der Waals surface area contributed by atoms with Crippen LogP contribution in [-0.2, 0) is 43.1 Å². The van der Waals surface area contributed by atoms with Crippen molar-refractivity contribution in [3.8, 4) is 17.2 Å². The molecule has 0 amide bonds. The number of phosphoric ester groups is 1. The molecule has 0 bridgehead atoms. The minimum absolute atomic E-state index is 0.569. The van der Waals surface area contributed by atoms with Crippen molar-refractivity contribution < 1.29 is 18.1 Å². The van der Waals surface area contributed by atoms with E-state index in [0.717, 1.165) is 111 Å². The molecule has 3 aromatic rings. The summed E-state index contributed by atoms with van der Waals surface area (Å²) in [7, 11) is -4.40. The average molecular weight is 1170 g/mol. The molecule has 0 aliphatic heterocycles. The van der Waals surface area contributed by atoms with Crippen LogP contribution in [0, 0.1) is 71.0 Å². The van der Waals surface area contributed by atoms with Gasteiger partial charge in [0.1, 0.15) is 17.2 Å². The van der Waals surface area contributed by atoms with Gasteiger partial charge in [-0.05, 0) is 200 Å². The third-order valence-corrected chi connectivity index (χ3v) is 19.6. The maximum Gasteiger partial charge on any atom is 0.647 e. The first-order valence-electron chi connectivity index (χ1n) is 35.4. The number of hydrogen-bond donors (Lipinski definition) is 0. The van der Waals surface area contributed by atoms with Gasteiger partial charge in [-0.1, -0.05) is 277 Å². The number of hydrogen-bond acceptors (Lipinski definition) is 4. The summed E-state index contributed by atoms with van der Waals surface area (Å²) in [6, 6.07) is 20.1. The molecule has 0 radical (unpaired) electrons. The Kier molecular flexibility index (Phi) is 37.2. The molecule has 0 heterocycles. The van der Waals surface area contributed by atoms with Crippen molar-refractivity contribution in [2.24, 2.45) is 71.0 Å². The van der Waals surface area contributed by atoms with Crippen LogP contribution in [0.2, 0.25) is 0 Å². The van der Waals surface area contributed by atoms with Crippen LogP contribution in [0.5, 0.6) is 17.2 Å². The van der Waals surface area contributed by atoms with Crippen molar-refractivity contribution >= 4 is 7.82 Å². The molecule has 6 atom stereocenters. The predicted molar refractivity (Wildman–Crippen MR) is 366 cm³/mol. The van der Waals surface area contributed by atoms with Crippen LogP contribution in [0.25, 0.3) is 0 Å². The standard InChI is InChI=1S/C78H135O4P/c1-58(2)25-19-31-64(13)37-43-70-46-52-76(73(55-70)49-40-67(16)34-22-28-61(7)8)80-83(79,81-77-53-47-71(44-38-65(14)32-20-26-59(3)4)56-74(77)50-41-68(17)35-23-29-62(9)10)82-78-54-48-72(45-39-66(15)33-21-27-60(5)6)57-75(78)51-42-69(18)36-24-30-63(11)12/h46-48,52-69H,19-45,49-51H2,1-18H3. The largest absolute Gasteiger partial charge is 0.647 e. The smallest absolute Gasteiger partial charge is 0.386 e. The van der Waals surface area contributed by atoms with Crippen LogP contribution in [-0.4, -0.2) is 0 Å². The highest BCUT2D eigenvalue weighted by Crippen LogP contribution is 2.53. The lowest BCUT2D eigenvalue weighted by Gasteiger charge is -2.25. The lowest BCUT2D eigenvalue weighted by molar-refractivity contribution is 0.294. The van der Waals surface area contributed by atoms with E-state index in [0.29, 0.717) is 70.5 Å². The fraction of sp³-hybridized carbons (Fsp3) is 0.769. The van der Waals surface area contributed by atoms with Crippen LogP contribution >= 0.6 is 7.82 Å². The Morgan fingerprint density at radius 1 is 0.265 bits per heavy atom. The molecule has 0 saturated carbocycles. The van der Waals surface area contributed by atoms with Crippen molar-refractivity contribution in [3.05, 3.63) is 88.0 Å². The van der Waals surface area contributed by atoms with Crippen LogP contribution in [0.15, 0.2) is 54.6 Å². The maximum absolute atomic E-state index is 16.5. The number of benzene rings is 3. The maximum atomic E-state index is 16.5.